The molecule has 4 nitrogen and oxygen atoms in total. The molecule has 0 spiro atoms. The number of fused-ring (bicyclic) bond motifs is 3. The molecule has 0 saturated carbocycles. The second-order valence-electron chi connectivity index (χ2n) is 15.6. The molecule has 57 heavy (non-hydrogen) atoms. The van der Waals surface area contributed by atoms with Gasteiger partial charge >= 0.3 is 199 Å². The van der Waals surface area contributed by atoms with Gasteiger partial charge in [0.05, 0.1) is 0 Å². The Morgan fingerprint density at radius 1 is 0.754 bits per heavy atom. The average Bonchev–Trinajstić information content (AvgIpc) is 3.61. The quantitative estimate of drug-likeness (QED) is 0.118. The van der Waals surface area contributed by atoms with Crippen LogP contribution in [0.15, 0.2) is 120 Å². The standard InChI is InChI=1S/C39H41GeN2O.C11H7FN.Ir/c1-23(2)31-18-28(27-14-11-10-12-15-27)19-32(24(3)4)37(31)33-21-36(41-22-25(33)5)30-17-13-16-29-34-20-35(40(7,8)9)26(6)42-39(34)43-38(29)30;12-10-6-4-9(5-7-10)11-3-1-2-8-13-11;/h10-16,18-24H,1-9H3;1-4,6-8H;/q2*-1;/i5D3,6D3;;. The molecule has 0 saturated heterocycles. The second-order valence-corrected chi connectivity index (χ2v) is 26.2. The van der Waals surface area contributed by atoms with Crippen LogP contribution in [0.1, 0.15) is 70.1 Å². The number of rotatable bonds is 7. The molecule has 0 fully saturated rings. The van der Waals surface area contributed by atoms with Gasteiger partial charge in [-0.3, -0.25) is 4.39 Å². The fourth-order valence-corrected chi connectivity index (χ4v) is 9.84. The van der Waals surface area contributed by atoms with Crippen LogP contribution in [0, 0.1) is 31.7 Å². The first-order valence-electron chi connectivity index (χ1n) is 21.8. The predicted octanol–water partition coefficient (Wildman–Crippen LogP) is 13.3. The van der Waals surface area contributed by atoms with Crippen LogP contribution in [0.5, 0.6) is 0 Å². The van der Waals surface area contributed by atoms with Crippen LogP contribution in [0.4, 0.5) is 4.39 Å². The van der Waals surface area contributed by atoms with Crippen molar-refractivity contribution in [1.29, 1.82) is 0 Å². The third kappa shape index (κ3) is 8.89. The van der Waals surface area contributed by atoms with E-state index >= 15 is 0 Å². The average molecular weight is 997 g/mol. The monoisotopic (exact) mass is 998 g/mol. The van der Waals surface area contributed by atoms with Crippen LogP contribution in [0.2, 0.25) is 17.3 Å². The van der Waals surface area contributed by atoms with Gasteiger partial charge in [0.15, 0.2) is 0 Å². The summed E-state index contributed by atoms with van der Waals surface area (Å²) in [6, 6.07) is 38.2. The number of pyridine rings is 3. The van der Waals surface area contributed by atoms with Crippen molar-refractivity contribution in [2.45, 2.75) is 70.5 Å². The van der Waals surface area contributed by atoms with E-state index in [4.69, 9.17) is 17.6 Å². The summed E-state index contributed by atoms with van der Waals surface area (Å²) in [7, 11) is 0. The summed E-state index contributed by atoms with van der Waals surface area (Å²) in [5.41, 5.74) is 9.49. The summed E-state index contributed by atoms with van der Waals surface area (Å²) in [5, 5.41) is 1.52. The SMILES string of the molecule is Fc1c[c-]c(-c2ccccn2)cc1.[2H]C([2H])([2H])c1cnc(-c2[c-]ccc3c2oc2nc(C([2H])([2H])[2H])[c]([Ge]([CH3])([CH3])[CH3])cc23)cc1-c1c(C(C)C)cc(-c2ccccc2)cc1C(C)C.[Ir]. The molecule has 0 aliphatic carbocycles. The Hall–Kier alpha value is -4.75. The number of aryl methyl sites for hydroxylation is 2. The molecular weight excluding hydrogens is 942 g/mol. The number of nitrogens with zero attached hydrogens (tertiary/aromatic N) is 3. The van der Waals surface area contributed by atoms with Gasteiger partial charge in [0.2, 0.25) is 0 Å². The van der Waals surface area contributed by atoms with Gasteiger partial charge in [0.25, 0.3) is 0 Å². The maximum atomic E-state index is 12.6. The number of aromatic nitrogens is 3. The molecule has 0 atom stereocenters. The van der Waals surface area contributed by atoms with Crippen LogP contribution >= 0.6 is 0 Å². The molecule has 8 aromatic rings. The van der Waals surface area contributed by atoms with Crippen molar-refractivity contribution in [3.8, 4) is 44.8 Å². The van der Waals surface area contributed by atoms with E-state index in [0.29, 0.717) is 22.4 Å². The van der Waals surface area contributed by atoms with Gasteiger partial charge in [-0.1, -0.05) is 70.2 Å². The molecule has 1 radical (unpaired) electrons. The van der Waals surface area contributed by atoms with E-state index in [2.05, 4.69) is 91.3 Å². The molecule has 4 aromatic heterocycles. The van der Waals surface area contributed by atoms with E-state index in [9.17, 15) is 4.39 Å². The molecule has 7 heteroatoms. The smallest absolute Gasteiger partial charge is 0.0587 e. The topological polar surface area (TPSA) is 51.8 Å². The van der Waals surface area contributed by atoms with E-state index in [0.717, 1.165) is 54.2 Å². The Kier molecular flexibility index (Phi) is 10.5. The van der Waals surface area contributed by atoms with Crippen molar-refractivity contribution in [2.75, 3.05) is 0 Å². The summed E-state index contributed by atoms with van der Waals surface area (Å²) < 4.78 is 69.9. The van der Waals surface area contributed by atoms with E-state index in [-0.39, 0.29) is 54.7 Å². The van der Waals surface area contributed by atoms with E-state index in [1.807, 2.05) is 54.6 Å². The number of hydrogen-bond acceptors (Lipinski definition) is 4. The Balaban J connectivity index is 0.000000402. The van der Waals surface area contributed by atoms with Crippen molar-refractivity contribution < 1.29 is 37.1 Å². The zero-order valence-corrected chi connectivity index (χ0v) is 37.6. The normalized spacial score (nSPS) is 13.5. The molecule has 8 rings (SSSR count). The summed E-state index contributed by atoms with van der Waals surface area (Å²) in [4.78, 5) is 13.4. The third-order valence-electron chi connectivity index (χ3n) is 9.93. The number of hydrogen-bond donors (Lipinski definition) is 0. The first-order valence-corrected chi connectivity index (χ1v) is 26.2. The van der Waals surface area contributed by atoms with E-state index in [1.54, 1.807) is 18.3 Å². The van der Waals surface area contributed by atoms with Gasteiger partial charge in [-0.15, -0.1) is 29.8 Å². The number of benzene rings is 4. The Morgan fingerprint density at radius 2 is 1.49 bits per heavy atom. The second kappa shape index (κ2) is 17.4. The minimum atomic E-state index is -2.68. The van der Waals surface area contributed by atoms with Gasteiger partial charge < -0.3 is 4.98 Å². The molecule has 0 aliphatic rings. The molecule has 0 aliphatic heterocycles. The van der Waals surface area contributed by atoms with Gasteiger partial charge in [-0.25, -0.2) is 0 Å². The Bertz CT molecular complexity index is 2850. The minimum absolute atomic E-state index is 0. The fourth-order valence-electron chi connectivity index (χ4n) is 7.02. The molecule has 291 valence electrons. The molecule has 4 aromatic carbocycles. The van der Waals surface area contributed by atoms with E-state index < -0.39 is 27.0 Å². The van der Waals surface area contributed by atoms with Crippen molar-refractivity contribution in [2.24, 2.45) is 0 Å². The number of furan rings is 1. The van der Waals surface area contributed by atoms with Crippen molar-refractivity contribution >= 4 is 39.7 Å². The van der Waals surface area contributed by atoms with Crippen molar-refractivity contribution in [3.05, 3.63) is 156 Å². The zero-order chi connectivity index (χ0) is 44.7. The zero-order valence-electron chi connectivity index (χ0n) is 39.1. The summed E-state index contributed by atoms with van der Waals surface area (Å²) in [6.45, 7) is 3.74. The van der Waals surface area contributed by atoms with Crippen LogP contribution < -0.4 is 4.40 Å². The van der Waals surface area contributed by atoms with Gasteiger partial charge in [-0.05, 0) is 22.9 Å². The molecule has 0 unspecified atom stereocenters. The maximum absolute atomic E-state index is 12.6. The van der Waals surface area contributed by atoms with Crippen LogP contribution in [0.25, 0.3) is 66.8 Å². The molecule has 0 N–H and O–H groups in total. The Labute approximate surface area is 361 Å². The summed E-state index contributed by atoms with van der Waals surface area (Å²) in [6.07, 6.45) is 3.16. The van der Waals surface area contributed by atoms with Crippen molar-refractivity contribution in [3.63, 3.8) is 0 Å². The van der Waals surface area contributed by atoms with Crippen LogP contribution in [-0.2, 0) is 20.1 Å². The van der Waals surface area contributed by atoms with Crippen LogP contribution in [0.3, 0.4) is 0 Å². The first kappa shape index (κ1) is 34.3. The predicted molar refractivity (Wildman–Crippen MR) is 234 cm³/mol. The first-order chi connectivity index (χ1) is 29.2. The number of halogens is 1. The molecular formula is C50H48FGeIrN3O-2. The minimum Gasteiger partial charge on any atom is -0.0587 e. The molecule has 4 heterocycles. The van der Waals surface area contributed by atoms with E-state index in [1.165, 1.54) is 18.3 Å². The third-order valence-corrected chi connectivity index (χ3v) is 14.1. The van der Waals surface area contributed by atoms with Crippen molar-refractivity contribution in [1.82, 2.24) is 15.0 Å². The molecule has 0 amide bonds. The summed E-state index contributed by atoms with van der Waals surface area (Å²) >= 11 is -2.68. The fraction of sp³-hybridized carbons (Fsp3) is 0.220. The van der Waals surface area contributed by atoms with Gasteiger partial charge in [0.1, 0.15) is 0 Å². The summed E-state index contributed by atoms with van der Waals surface area (Å²) in [5.74, 6) is 6.38. The Morgan fingerprint density at radius 3 is 2.11 bits per heavy atom. The molecule has 0 bridgehead atoms. The van der Waals surface area contributed by atoms with Gasteiger partial charge in [-0.2, -0.15) is 0 Å². The van der Waals surface area contributed by atoms with Gasteiger partial charge in [0, 0.05) is 32.1 Å². The van der Waals surface area contributed by atoms with Crippen LogP contribution in [-0.4, -0.2) is 28.2 Å².